The van der Waals surface area contributed by atoms with E-state index >= 15 is 0 Å². The Morgan fingerprint density at radius 1 is 1.38 bits per heavy atom. The van der Waals surface area contributed by atoms with Gasteiger partial charge in [0.1, 0.15) is 5.82 Å². The second-order valence-corrected chi connectivity index (χ2v) is 4.75. The highest BCUT2D eigenvalue weighted by atomic mass is 19.1. The van der Waals surface area contributed by atoms with Gasteiger partial charge >= 0.3 is 0 Å². The van der Waals surface area contributed by atoms with Crippen LogP contribution in [0.5, 0.6) is 0 Å². The largest absolute Gasteiger partial charge is 0.379 e. The molecule has 0 aliphatic carbocycles. The Morgan fingerprint density at radius 3 is 2.69 bits per heavy atom. The molecule has 2 rings (SSSR count). The maximum atomic E-state index is 14.0. The van der Waals surface area contributed by atoms with E-state index in [1.54, 1.807) is 6.07 Å². The monoisotopic (exact) mass is 223 g/mol. The average molecular weight is 223 g/mol. The summed E-state index contributed by atoms with van der Waals surface area (Å²) >= 11 is 0. The molecule has 3 heteroatoms. The summed E-state index contributed by atoms with van der Waals surface area (Å²) in [6, 6.07) is 3.52. The molecule has 1 aliphatic heterocycles. The van der Waals surface area contributed by atoms with Gasteiger partial charge in [-0.25, -0.2) is 4.39 Å². The SMILES string of the molecule is Cc1cc(C)c(C2(N)CCCOC2)c(F)c1. The third-order valence-electron chi connectivity index (χ3n) is 3.20. The first-order chi connectivity index (χ1) is 7.53. The summed E-state index contributed by atoms with van der Waals surface area (Å²) in [6.45, 7) is 4.94. The molecule has 1 saturated heterocycles. The molecule has 1 unspecified atom stereocenters. The molecule has 88 valence electrons. The number of ether oxygens (including phenoxy) is 1. The molecule has 1 heterocycles. The van der Waals surface area contributed by atoms with E-state index in [0.29, 0.717) is 12.2 Å². The summed E-state index contributed by atoms with van der Waals surface area (Å²) in [5, 5.41) is 0. The average Bonchev–Trinajstić information content (AvgIpc) is 2.16. The van der Waals surface area contributed by atoms with Crippen LogP contribution in [0.15, 0.2) is 12.1 Å². The maximum Gasteiger partial charge on any atom is 0.128 e. The van der Waals surface area contributed by atoms with E-state index in [1.165, 1.54) is 0 Å². The summed E-state index contributed by atoms with van der Waals surface area (Å²) in [5.41, 5.74) is 8.09. The minimum Gasteiger partial charge on any atom is -0.379 e. The van der Waals surface area contributed by atoms with Crippen molar-refractivity contribution < 1.29 is 9.13 Å². The van der Waals surface area contributed by atoms with Crippen LogP contribution in [0.1, 0.15) is 29.5 Å². The first-order valence-electron chi connectivity index (χ1n) is 5.67. The van der Waals surface area contributed by atoms with Gasteiger partial charge in [0.2, 0.25) is 0 Å². The lowest BCUT2D eigenvalue weighted by molar-refractivity contribution is 0.0349. The van der Waals surface area contributed by atoms with Gasteiger partial charge in [-0.1, -0.05) is 6.07 Å². The van der Waals surface area contributed by atoms with E-state index < -0.39 is 5.54 Å². The first-order valence-corrected chi connectivity index (χ1v) is 5.67. The molecule has 1 aromatic rings. The number of benzene rings is 1. The first kappa shape index (κ1) is 11.6. The predicted molar refractivity (Wildman–Crippen MR) is 61.8 cm³/mol. The zero-order valence-corrected chi connectivity index (χ0v) is 9.85. The fourth-order valence-corrected chi connectivity index (χ4v) is 2.56. The topological polar surface area (TPSA) is 35.2 Å². The molecule has 0 aromatic heterocycles. The second kappa shape index (κ2) is 4.15. The summed E-state index contributed by atoms with van der Waals surface area (Å²) in [5.74, 6) is -0.203. The molecule has 0 spiro atoms. The summed E-state index contributed by atoms with van der Waals surface area (Å²) in [4.78, 5) is 0. The number of rotatable bonds is 1. The number of hydrogen-bond acceptors (Lipinski definition) is 2. The summed E-state index contributed by atoms with van der Waals surface area (Å²) in [7, 11) is 0. The van der Waals surface area contributed by atoms with Crippen molar-refractivity contribution in [2.24, 2.45) is 5.73 Å². The molecule has 2 N–H and O–H groups in total. The van der Waals surface area contributed by atoms with Crippen molar-refractivity contribution in [1.29, 1.82) is 0 Å². The lowest BCUT2D eigenvalue weighted by atomic mass is 9.82. The van der Waals surface area contributed by atoms with Crippen LogP contribution in [-0.2, 0) is 10.3 Å². The third kappa shape index (κ3) is 1.97. The molecule has 16 heavy (non-hydrogen) atoms. The van der Waals surface area contributed by atoms with Crippen LogP contribution in [0.3, 0.4) is 0 Å². The molecular weight excluding hydrogens is 205 g/mol. The van der Waals surface area contributed by atoms with Gasteiger partial charge in [-0.2, -0.15) is 0 Å². The van der Waals surface area contributed by atoms with Gasteiger partial charge in [-0.15, -0.1) is 0 Å². The standard InChI is InChI=1S/C13H18FNO/c1-9-6-10(2)12(11(14)7-9)13(15)4-3-5-16-8-13/h6-7H,3-5,8,15H2,1-2H3. The third-order valence-corrected chi connectivity index (χ3v) is 3.20. The summed E-state index contributed by atoms with van der Waals surface area (Å²) < 4.78 is 19.4. The van der Waals surface area contributed by atoms with E-state index in [9.17, 15) is 4.39 Å². The minimum absolute atomic E-state index is 0.203. The van der Waals surface area contributed by atoms with E-state index in [0.717, 1.165) is 30.6 Å². The van der Waals surface area contributed by atoms with Gasteiger partial charge in [0, 0.05) is 12.2 Å². The van der Waals surface area contributed by atoms with Crippen molar-refractivity contribution in [3.63, 3.8) is 0 Å². The van der Waals surface area contributed by atoms with Crippen LogP contribution in [0, 0.1) is 19.7 Å². The highest BCUT2D eigenvalue weighted by molar-refractivity contribution is 5.37. The Labute approximate surface area is 95.6 Å². The van der Waals surface area contributed by atoms with Crippen molar-refractivity contribution in [1.82, 2.24) is 0 Å². The molecule has 1 fully saturated rings. The van der Waals surface area contributed by atoms with E-state index in [1.807, 2.05) is 19.9 Å². The summed E-state index contributed by atoms with van der Waals surface area (Å²) in [6.07, 6.45) is 1.68. The van der Waals surface area contributed by atoms with Crippen LogP contribution in [0.4, 0.5) is 4.39 Å². The molecular formula is C13H18FNO. The number of nitrogens with two attached hydrogens (primary N) is 1. The van der Waals surface area contributed by atoms with Crippen LogP contribution in [-0.4, -0.2) is 13.2 Å². The van der Waals surface area contributed by atoms with Gasteiger partial charge in [-0.05, 0) is 43.9 Å². The lowest BCUT2D eigenvalue weighted by Crippen LogP contribution is -2.45. The zero-order chi connectivity index (χ0) is 11.8. The minimum atomic E-state index is -0.653. The fourth-order valence-electron chi connectivity index (χ4n) is 2.56. The Hall–Kier alpha value is -0.930. The molecule has 1 aromatic carbocycles. The van der Waals surface area contributed by atoms with Crippen molar-refractivity contribution in [2.75, 3.05) is 13.2 Å². The van der Waals surface area contributed by atoms with Crippen molar-refractivity contribution >= 4 is 0 Å². The number of hydrogen-bond donors (Lipinski definition) is 1. The molecule has 1 atom stereocenters. The molecule has 0 amide bonds. The zero-order valence-electron chi connectivity index (χ0n) is 9.85. The number of halogens is 1. The fraction of sp³-hybridized carbons (Fsp3) is 0.538. The highest BCUT2D eigenvalue weighted by Crippen LogP contribution is 2.32. The van der Waals surface area contributed by atoms with E-state index in [2.05, 4.69) is 0 Å². The van der Waals surface area contributed by atoms with Crippen LogP contribution >= 0.6 is 0 Å². The highest BCUT2D eigenvalue weighted by Gasteiger charge is 2.34. The molecule has 0 saturated carbocycles. The smallest absolute Gasteiger partial charge is 0.128 e. The molecule has 1 aliphatic rings. The van der Waals surface area contributed by atoms with Crippen LogP contribution < -0.4 is 5.73 Å². The van der Waals surface area contributed by atoms with E-state index in [-0.39, 0.29) is 5.82 Å². The normalized spacial score (nSPS) is 25.8. The van der Waals surface area contributed by atoms with Gasteiger partial charge in [0.15, 0.2) is 0 Å². The van der Waals surface area contributed by atoms with Gasteiger partial charge in [-0.3, -0.25) is 0 Å². The second-order valence-electron chi connectivity index (χ2n) is 4.75. The van der Waals surface area contributed by atoms with Crippen LogP contribution in [0.2, 0.25) is 0 Å². The Morgan fingerprint density at radius 2 is 2.12 bits per heavy atom. The van der Waals surface area contributed by atoms with Crippen LogP contribution in [0.25, 0.3) is 0 Å². The van der Waals surface area contributed by atoms with Gasteiger partial charge in [0.05, 0.1) is 12.1 Å². The Kier molecular flexibility index (Phi) is 3.00. The quantitative estimate of drug-likeness (QED) is 0.793. The molecule has 0 bridgehead atoms. The predicted octanol–water partition coefficient (Wildman–Crippen LogP) is 2.41. The van der Waals surface area contributed by atoms with E-state index in [4.69, 9.17) is 10.5 Å². The van der Waals surface area contributed by atoms with Crippen molar-refractivity contribution in [2.45, 2.75) is 32.2 Å². The Bertz CT molecular complexity index is 374. The number of aryl methyl sites for hydroxylation is 2. The van der Waals surface area contributed by atoms with Crippen molar-refractivity contribution in [3.05, 3.63) is 34.6 Å². The van der Waals surface area contributed by atoms with Gasteiger partial charge in [0.25, 0.3) is 0 Å². The van der Waals surface area contributed by atoms with Gasteiger partial charge < -0.3 is 10.5 Å². The lowest BCUT2D eigenvalue weighted by Gasteiger charge is -2.35. The molecule has 0 radical (unpaired) electrons. The van der Waals surface area contributed by atoms with Crippen molar-refractivity contribution in [3.8, 4) is 0 Å². The molecule has 2 nitrogen and oxygen atoms in total. The maximum absolute atomic E-state index is 14.0. The Balaban J connectivity index is 2.46.